The first-order chi connectivity index (χ1) is 11.6. The zero-order chi connectivity index (χ0) is 16.7. The van der Waals surface area contributed by atoms with Crippen LogP contribution in [0.15, 0.2) is 6.33 Å². The van der Waals surface area contributed by atoms with E-state index < -0.39 is 0 Å². The molecule has 1 aliphatic heterocycles. The van der Waals surface area contributed by atoms with Gasteiger partial charge in [0.15, 0.2) is 5.65 Å². The van der Waals surface area contributed by atoms with E-state index in [1.807, 2.05) is 0 Å². The van der Waals surface area contributed by atoms with Gasteiger partial charge in [0.05, 0.1) is 30.7 Å². The van der Waals surface area contributed by atoms with Gasteiger partial charge in [-0.25, -0.2) is 14.5 Å². The Hall–Kier alpha value is -1.61. The number of methoxy groups -OCH3 is 1. The van der Waals surface area contributed by atoms with Gasteiger partial charge in [-0.2, -0.15) is 0 Å². The Morgan fingerprint density at radius 1 is 1.46 bits per heavy atom. The summed E-state index contributed by atoms with van der Waals surface area (Å²) in [5.41, 5.74) is 2.09. The molecule has 4 rings (SSSR count). The number of thiophene rings is 1. The van der Waals surface area contributed by atoms with Gasteiger partial charge in [0.25, 0.3) is 0 Å². The van der Waals surface area contributed by atoms with E-state index in [1.54, 1.807) is 29.3 Å². The minimum absolute atomic E-state index is 0.148. The summed E-state index contributed by atoms with van der Waals surface area (Å²) in [6, 6.07) is 0. The third-order valence-electron chi connectivity index (χ3n) is 4.30. The van der Waals surface area contributed by atoms with E-state index in [0.29, 0.717) is 6.61 Å². The van der Waals surface area contributed by atoms with Gasteiger partial charge in [-0.3, -0.25) is 0 Å². The Morgan fingerprint density at radius 2 is 2.33 bits per heavy atom. The first-order valence-electron chi connectivity index (χ1n) is 8.16. The average Bonchev–Trinajstić information content (AvgIpc) is 3.10. The predicted octanol–water partition coefficient (Wildman–Crippen LogP) is 0.900. The van der Waals surface area contributed by atoms with Gasteiger partial charge in [-0.05, 0) is 19.4 Å². The van der Waals surface area contributed by atoms with E-state index in [9.17, 15) is 0 Å². The summed E-state index contributed by atoms with van der Waals surface area (Å²) in [6.45, 7) is 7.29. The number of nitrogens with two attached hydrogens (primary N) is 1. The molecule has 3 aromatic heterocycles. The maximum absolute atomic E-state index is 5.94. The standard InChI is InChI=1S/C16H21N5O2S/c1-16(2)6-10-11(8-23-16)24-15-13(10)14-19-12(7-17-4-5-22-3)20-21(14)9-18-15/h9,17H,4-8H2,1-3H3/p+1. The summed E-state index contributed by atoms with van der Waals surface area (Å²) in [5, 5.41) is 7.87. The van der Waals surface area contributed by atoms with Crippen molar-refractivity contribution in [2.45, 2.75) is 39.0 Å². The van der Waals surface area contributed by atoms with Crippen molar-refractivity contribution in [2.75, 3.05) is 20.3 Å². The van der Waals surface area contributed by atoms with Crippen LogP contribution in [-0.2, 0) is 29.0 Å². The summed E-state index contributed by atoms with van der Waals surface area (Å²) in [6.07, 6.45) is 2.64. The first kappa shape index (κ1) is 15.9. The van der Waals surface area contributed by atoms with Gasteiger partial charge in [0.1, 0.15) is 17.7 Å². The van der Waals surface area contributed by atoms with E-state index in [1.165, 1.54) is 10.4 Å². The van der Waals surface area contributed by atoms with Crippen LogP contribution in [-0.4, -0.2) is 45.4 Å². The highest BCUT2D eigenvalue weighted by Gasteiger charge is 2.30. The van der Waals surface area contributed by atoms with Crippen molar-refractivity contribution < 1.29 is 14.8 Å². The van der Waals surface area contributed by atoms with E-state index >= 15 is 0 Å². The van der Waals surface area contributed by atoms with Gasteiger partial charge in [-0.15, -0.1) is 16.4 Å². The molecule has 3 aromatic rings. The van der Waals surface area contributed by atoms with Crippen LogP contribution in [0.5, 0.6) is 0 Å². The van der Waals surface area contributed by atoms with Gasteiger partial charge < -0.3 is 14.8 Å². The smallest absolute Gasteiger partial charge is 0.206 e. The van der Waals surface area contributed by atoms with Crippen LogP contribution in [0.2, 0.25) is 0 Å². The van der Waals surface area contributed by atoms with Crippen molar-refractivity contribution in [1.29, 1.82) is 0 Å². The second kappa shape index (κ2) is 6.03. The number of hydrogen-bond donors (Lipinski definition) is 1. The first-order valence-corrected chi connectivity index (χ1v) is 8.98. The second-order valence-corrected chi connectivity index (χ2v) is 7.81. The SMILES string of the molecule is COCC[NH2+]Cc1nc2c3c4c(sc3ncn2n1)COC(C)(C)C4. The molecular formula is C16H22N5O2S+. The fourth-order valence-electron chi connectivity index (χ4n) is 3.11. The molecule has 0 aliphatic carbocycles. The molecular weight excluding hydrogens is 326 g/mol. The van der Waals surface area contributed by atoms with Crippen LogP contribution in [0.3, 0.4) is 0 Å². The molecule has 0 atom stereocenters. The Balaban J connectivity index is 1.74. The van der Waals surface area contributed by atoms with Crippen molar-refractivity contribution in [2.24, 2.45) is 0 Å². The molecule has 24 heavy (non-hydrogen) atoms. The lowest BCUT2D eigenvalue weighted by Gasteiger charge is -2.30. The topological polar surface area (TPSA) is 78.2 Å². The highest BCUT2D eigenvalue weighted by Crippen LogP contribution is 2.39. The summed E-state index contributed by atoms with van der Waals surface area (Å²) in [7, 11) is 1.71. The van der Waals surface area contributed by atoms with Gasteiger partial charge in [0, 0.05) is 18.4 Å². The van der Waals surface area contributed by atoms with Crippen molar-refractivity contribution in [3.05, 3.63) is 22.6 Å². The molecule has 128 valence electrons. The molecule has 0 fully saturated rings. The summed E-state index contributed by atoms with van der Waals surface area (Å²) < 4.78 is 12.8. The lowest BCUT2D eigenvalue weighted by molar-refractivity contribution is -0.672. The number of hydrogen-bond acceptors (Lipinski definition) is 6. The molecule has 0 amide bonds. The number of rotatable bonds is 5. The molecule has 0 bridgehead atoms. The molecule has 0 spiro atoms. The third-order valence-corrected chi connectivity index (χ3v) is 5.42. The lowest BCUT2D eigenvalue weighted by atomic mass is 9.94. The number of quaternary nitrogens is 1. The zero-order valence-corrected chi connectivity index (χ0v) is 15.0. The summed E-state index contributed by atoms with van der Waals surface area (Å²) in [4.78, 5) is 11.6. The molecule has 2 N–H and O–H groups in total. The Labute approximate surface area is 144 Å². The number of aromatic nitrogens is 4. The van der Waals surface area contributed by atoms with E-state index in [4.69, 9.17) is 14.5 Å². The number of nitrogens with zero attached hydrogens (tertiary/aromatic N) is 4. The summed E-state index contributed by atoms with van der Waals surface area (Å²) in [5.74, 6) is 0.826. The van der Waals surface area contributed by atoms with E-state index in [2.05, 4.69) is 29.2 Å². The average molecular weight is 348 g/mol. The molecule has 0 unspecified atom stereocenters. The van der Waals surface area contributed by atoms with Crippen LogP contribution in [0, 0.1) is 0 Å². The van der Waals surface area contributed by atoms with Gasteiger partial charge >= 0.3 is 0 Å². The van der Waals surface area contributed by atoms with Crippen LogP contribution in [0.25, 0.3) is 15.9 Å². The fourth-order valence-corrected chi connectivity index (χ4v) is 4.17. The van der Waals surface area contributed by atoms with Crippen molar-refractivity contribution >= 4 is 27.2 Å². The largest absolute Gasteiger partial charge is 0.379 e. The molecule has 0 saturated heterocycles. The molecule has 0 radical (unpaired) electrons. The maximum Gasteiger partial charge on any atom is 0.206 e. The van der Waals surface area contributed by atoms with Crippen molar-refractivity contribution in [1.82, 2.24) is 19.6 Å². The van der Waals surface area contributed by atoms with Crippen molar-refractivity contribution in [3.8, 4) is 0 Å². The second-order valence-electron chi connectivity index (χ2n) is 6.72. The fraction of sp³-hybridized carbons (Fsp3) is 0.562. The normalized spacial score (nSPS) is 16.8. The molecule has 4 heterocycles. The monoisotopic (exact) mass is 348 g/mol. The van der Waals surface area contributed by atoms with Crippen molar-refractivity contribution in [3.63, 3.8) is 0 Å². The maximum atomic E-state index is 5.94. The minimum Gasteiger partial charge on any atom is -0.379 e. The van der Waals surface area contributed by atoms with Crippen LogP contribution in [0.4, 0.5) is 0 Å². The number of fused-ring (bicyclic) bond motifs is 5. The predicted molar refractivity (Wildman–Crippen MR) is 91.1 cm³/mol. The highest BCUT2D eigenvalue weighted by molar-refractivity contribution is 7.19. The number of ether oxygens (including phenoxy) is 2. The lowest BCUT2D eigenvalue weighted by Crippen LogP contribution is -2.83. The van der Waals surface area contributed by atoms with Crippen LogP contribution >= 0.6 is 11.3 Å². The molecule has 0 aromatic carbocycles. The van der Waals surface area contributed by atoms with E-state index in [0.717, 1.165) is 47.8 Å². The summed E-state index contributed by atoms with van der Waals surface area (Å²) >= 11 is 1.71. The Kier molecular flexibility index (Phi) is 4.00. The van der Waals surface area contributed by atoms with E-state index in [-0.39, 0.29) is 5.60 Å². The zero-order valence-electron chi connectivity index (χ0n) is 14.2. The molecule has 8 heteroatoms. The molecule has 0 saturated carbocycles. The molecule has 1 aliphatic rings. The minimum atomic E-state index is -0.148. The van der Waals surface area contributed by atoms with Crippen LogP contribution in [0.1, 0.15) is 30.1 Å². The van der Waals surface area contributed by atoms with Gasteiger partial charge in [0.2, 0.25) is 5.82 Å². The highest BCUT2D eigenvalue weighted by atomic mass is 32.1. The third kappa shape index (κ3) is 2.79. The van der Waals surface area contributed by atoms with Crippen LogP contribution < -0.4 is 5.32 Å². The quantitative estimate of drug-likeness (QED) is 0.693. The Bertz CT molecular complexity index is 885. The molecule has 7 nitrogen and oxygen atoms in total. The van der Waals surface area contributed by atoms with Gasteiger partial charge in [-0.1, -0.05) is 0 Å². The Morgan fingerprint density at radius 3 is 3.17 bits per heavy atom.